The van der Waals surface area contributed by atoms with Gasteiger partial charge in [0.2, 0.25) is 0 Å². The first-order valence-electron chi connectivity index (χ1n) is 5.04. The minimum absolute atomic E-state index is 0.0918. The summed E-state index contributed by atoms with van der Waals surface area (Å²) in [6.07, 6.45) is 1.68. The molecule has 6 heteroatoms. The molecule has 0 atom stereocenters. The molecule has 86 valence electrons. The van der Waals surface area contributed by atoms with Gasteiger partial charge in [0.05, 0.1) is 18.8 Å². The number of nitriles is 1. The van der Waals surface area contributed by atoms with Crippen LogP contribution in [0.3, 0.4) is 0 Å². The van der Waals surface area contributed by atoms with Crippen molar-refractivity contribution in [2.24, 2.45) is 0 Å². The van der Waals surface area contributed by atoms with Crippen LogP contribution in [0.1, 0.15) is 20.3 Å². The number of nitrogen functional groups attached to an aromatic ring is 1. The molecule has 1 aromatic rings. The molecule has 0 amide bonds. The standard InChI is InChI=1S/C10H15N5O/c1-7(2)15(5-3-4-11)9-8(12)10(16)14-6-13-9/h6-7H,3,5,12H2,1-2H3,(H,13,14,16). The number of aromatic nitrogens is 2. The number of rotatable bonds is 4. The summed E-state index contributed by atoms with van der Waals surface area (Å²) in [4.78, 5) is 19.6. The van der Waals surface area contributed by atoms with Crippen molar-refractivity contribution < 1.29 is 0 Å². The Hall–Kier alpha value is -2.03. The summed E-state index contributed by atoms with van der Waals surface area (Å²) in [5.74, 6) is 0.439. The number of H-pyrrole nitrogens is 1. The lowest BCUT2D eigenvalue weighted by Gasteiger charge is -2.27. The van der Waals surface area contributed by atoms with Crippen LogP contribution in [0.2, 0.25) is 0 Å². The molecule has 3 N–H and O–H groups in total. The van der Waals surface area contributed by atoms with Crippen molar-refractivity contribution in [3.63, 3.8) is 0 Å². The molecule has 0 aliphatic rings. The zero-order valence-electron chi connectivity index (χ0n) is 9.40. The van der Waals surface area contributed by atoms with Gasteiger partial charge in [-0.25, -0.2) is 4.98 Å². The van der Waals surface area contributed by atoms with Crippen LogP contribution >= 0.6 is 0 Å². The van der Waals surface area contributed by atoms with Crippen LogP contribution in [0.25, 0.3) is 0 Å². The summed E-state index contributed by atoms with van der Waals surface area (Å²) in [5, 5.41) is 8.57. The fourth-order valence-corrected chi connectivity index (χ4v) is 1.41. The molecule has 1 heterocycles. The van der Waals surface area contributed by atoms with Gasteiger partial charge in [-0.05, 0) is 13.8 Å². The van der Waals surface area contributed by atoms with E-state index in [0.717, 1.165) is 0 Å². The average Bonchev–Trinajstić information content (AvgIpc) is 2.24. The zero-order valence-corrected chi connectivity index (χ0v) is 9.40. The van der Waals surface area contributed by atoms with Crippen LogP contribution in [0.5, 0.6) is 0 Å². The molecule has 0 spiro atoms. The quantitative estimate of drug-likeness (QED) is 0.770. The molecule has 0 aromatic carbocycles. The van der Waals surface area contributed by atoms with Gasteiger partial charge in [0.25, 0.3) is 5.56 Å². The van der Waals surface area contributed by atoms with E-state index >= 15 is 0 Å². The first-order valence-corrected chi connectivity index (χ1v) is 5.04. The maximum absolute atomic E-state index is 11.3. The van der Waals surface area contributed by atoms with E-state index < -0.39 is 0 Å². The highest BCUT2D eigenvalue weighted by atomic mass is 16.1. The molecule has 0 bridgehead atoms. The number of nitrogens with zero attached hydrogens (tertiary/aromatic N) is 3. The number of hydrogen-bond acceptors (Lipinski definition) is 5. The molecule has 6 nitrogen and oxygen atoms in total. The predicted molar refractivity (Wildman–Crippen MR) is 62.0 cm³/mol. The number of nitrogens with two attached hydrogens (primary N) is 1. The minimum Gasteiger partial charge on any atom is -0.391 e. The number of nitrogens with one attached hydrogen (secondary N) is 1. The fourth-order valence-electron chi connectivity index (χ4n) is 1.41. The Labute approximate surface area is 93.7 Å². The lowest BCUT2D eigenvalue weighted by Crippen LogP contribution is -2.34. The first kappa shape index (κ1) is 12.0. The molecule has 16 heavy (non-hydrogen) atoms. The second-order valence-electron chi connectivity index (χ2n) is 3.66. The van der Waals surface area contributed by atoms with Gasteiger partial charge in [0.1, 0.15) is 5.69 Å². The summed E-state index contributed by atoms with van der Waals surface area (Å²) in [5.41, 5.74) is 5.40. The lowest BCUT2D eigenvalue weighted by molar-refractivity contribution is 0.676. The average molecular weight is 221 g/mol. The summed E-state index contributed by atoms with van der Waals surface area (Å²) in [6, 6.07) is 2.19. The molecular weight excluding hydrogens is 206 g/mol. The molecule has 1 aromatic heterocycles. The molecule has 0 saturated heterocycles. The molecule has 0 aliphatic carbocycles. The van der Waals surface area contributed by atoms with Gasteiger partial charge < -0.3 is 15.6 Å². The second-order valence-corrected chi connectivity index (χ2v) is 3.66. The third-order valence-electron chi connectivity index (χ3n) is 2.23. The van der Waals surface area contributed by atoms with Crippen LogP contribution in [0.15, 0.2) is 11.1 Å². The van der Waals surface area contributed by atoms with Crippen LogP contribution < -0.4 is 16.2 Å². The van der Waals surface area contributed by atoms with Crippen molar-refractivity contribution in [3.05, 3.63) is 16.7 Å². The Morgan fingerprint density at radius 2 is 2.38 bits per heavy atom. The summed E-state index contributed by atoms with van der Waals surface area (Å²) >= 11 is 0. The molecule has 0 radical (unpaired) electrons. The summed E-state index contributed by atoms with van der Waals surface area (Å²) < 4.78 is 0. The van der Waals surface area contributed by atoms with E-state index in [-0.39, 0.29) is 17.3 Å². The van der Waals surface area contributed by atoms with Gasteiger partial charge in [-0.2, -0.15) is 5.26 Å². The van der Waals surface area contributed by atoms with E-state index in [2.05, 4.69) is 16.0 Å². The third-order valence-corrected chi connectivity index (χ3v) is 2.23. The molecule has 0 saturated carbocycles. The Kier molecular flexibility index (Phi) is 3.89. The molecule has 0 fully saturated rings. The topological polar surface area (TPSA) is 98.8 Å². The largest absolute Gasteiger partial charge is 0.391 e. The van der Waals surface area contributed by atoms with Gasteiger partial charge in [-0.15, -0.1) is 0 Å². The van der Waals surface area contributed by atoms with Crippen LogP contribution in [0.4, 0.5) is 11.5 Å². The smallest absolute Gasteiger partial charge is 0.276 e. The Bertz CT molecular complexity index is 445. The van der Waals surface area contributed by atoms with Crippen LogP contribution in [-0.4, -0.2) is 22.6 Å². The normalized spacial score (nSPS) is 10.1. The van der Waals surface area contributed by atoms with E-state index in [4.69, 9.17) is 11.0 Å². The van der Waals surface area contributed by atoms with Gasteiger partial charge >= 0.3 is 0 Å². The van der Waals surface area contributed by atoms with E-state index in [9.17, 15) is 4.79 Å². The third kappa shape index (κ3) is 2.51. The SMILES string of the molecule is CC(C)N(CCC#N)c1nc[nH]c(=O)c1N. The monoisotopic (exact) mass is 221 g/mol. The predicted octanol–water partition coefficient (Wildman–Crippen LogP) is 0.481. The number of anilines is 2. The summed E-state index contributed by atoms with van der Waals surface area (Å²) in [6.45, 7) is 4.42. The Morgan fingerprint density at radius 3 is 2.94 bits per heavy atom. The van der Waals surface area contributed by atoms with E-state index in [0.29, 0.717) is 18.8 Å². The highest BCUT2D eigenvalue weighted by Gasteiger charge is 2.15. The van der Waals surface area contributed by atoms with Gasteiger partial charge in [-0.1, -0.05) is 0 Å². The van der Waals surface area contributed by atoms with Gasteiger partial charge in [0, 0.05) is 12.6 Å². The van der Waals surface area contributed by atoms with Crippen LogP contribution in [-0.2, 0) is 0 Å². The van der Waals surface area contributed by atoms with Crippen LogP contribution in [0, 0.1) is 11.3 Å². The molecule has 0 unspecified atom stereocenters. The van der Waals surface area contributed by atoms with Crippen molar-refractivity contribution in [2.45, 2.75) is 26.3 Å². The summed E-state index contributed by atoms with van der Waals surface area (Å²) in [7, 11) is 0. The van der Waals surface area contributed by atoms with Crippen molar-refractivity contribution in [1.82, 2.24) is 9.97 Å². The zero-order chi connectivity index (χ0) is 12.1. The number of aromatic amines is 1. The highest BCUT2D eigenvalue weighted by Crippen LogP contribution is 2.17. The van der Waals surface area contributed by atoms with Crippen molar-refractivity contribution in [2.75, 3.05) is 17.2 Å². The van der Waals surface area contributed by atoms with Gasteiger partial charge in [0.15, 0.2) is 5.82 Å². The highest BCUT2D eigenvalue weighted by molar-refractivity contribution is 5.61. The second kappa shape index (κ2) is 5.16. The molecule has 1 rings (SSSR count). The molecular formula is C10H15N5O. The van der Waals surface area contributed by atoms with Crippen molar-refractivity contribution >= 4 is 11.5 Å². The fraction of sp³-hybridized carbons (Fsp3) is 0.500. The van der Waals surface area contributed by atoms with Crippen molar-refractivity contribution in [3.8, 4) is 6.07 Å². The molecule has 0 aliphatic heterocycles. The lowest BCUT2D eigenvalue weighted by atomic mass is 10.2. The van der Waals surface area contributed by atoms with Crippen molar-refractivity contribution in [1.29, 1.82) is 5.26 Å². The maximum Gasteiger partial charge on any atom is 0.276 e. The Morgan fingerprint density at radius 1 is 1.69 bits per heavy atom. The Balaban J connectivity index is 3.07. The van der Waals surface area contributed by atoms with E-state index in [1.165, 1.54) is 6.33 Å². The minimum atomic E-state index is -0.354. The number of hydrogen-bond donors (Lipinski definition) is 2. The first-order chi connectivity index (χ1) is 7.57. The van der Waals surface area contributed by atoms with Gasteiger partial charge in [-0.3, -0.25) is 4.79 Å². The maximum atomic E-state index is 11.3. The van der Waals surface area contributed by atoms with E-state index in [1.807, 2.05) is 18.7 Å². The van der Waals surface area contributed by atoms with E-state index in [1.54, 1.807) is 0 Å².